The molecule has 0 aliphatic carbocycles. The fourth-order valence-corrected chi connectivity index (χ4v) is 3.74. The average Bonchev–Trinajstić information content (AvgIpc) is 2.74. The van der Waals surface area contributed by atoms with Gasteiger partial charge in [-0.05, 0) is 37.8 Å². The molecule has 8 nitrogen and oxygen atoms in total. The number of aryl methyl sites for hydroxylation is 1. The standard InChI is InChI=1S/C21H23F3N4O4/c1-12-19(31)18(20(32)25-11-17(29)30)27-16(26-12)10-13-6-8-28(9-7-13)15-5-3-2-4-14(15)21(22,23)24/h2-5,13,31H,6-11H2,1H3,(H,25,32)(H,29,30). The Morgan fingerprint density at radius 3 is 2.47 bits per heavy atom. The molecular weight excluding hydrogens is 429 g/mol. The third-order valence-electron chi connectivity index (χ3n) is 5.36. The van der Waals surface area contributed by atoms with Crippen molar-refractivity contribution >= 4 is 17.6 Å². The second-order valence-corrected chi connectivity index (χ2v) is 7.65. The van der Waals surface area contributed by atoms with E-state index in [2.05, 4.69) is 15.3 Å². The van der Waals surface area contributed by atoms with Crippen molar-refractivity contribution in [3.05, 3.63) is 47.0 Å². The second kappa shape index (κ2) is 9.41. The average molecular weight is 452 g/mol. The number of rotatable bonds is 6. The van der Waals surface area contributed by atoms with Gasteiger partial charge in [0.25, 0.3) is 5.91 Å². The lowest BCUT2D eigenvalue weighted by Gasteiger charge is -2.34. The SMILES string of the molecule is Cc1nc(CC2CCN(c3ccccc3C(F)(F)F)CC2)nc(C(=O)NCC(=O)O)c1O. The number of carbonyl (C=O) groups is 2. The van der Waals surface area contributed by atoms with E-state index in [0.29, 0.717) is 38.2 Å². The number of alkyl halides is 3. The quantitative estimate of drug-likeness (QED) is 0.617. The maximum Gasteiger partial charge on any atom is 0.418 e. The summed E-state index contributed by atoms with van der Waals surface area (Å²) in [6, 6.07) is 5.50. The highest BCUT2D eigenvalue weighted by atomic mass is 19.4. The molecule has 0 saturated carbocycles. The molecule has 2 heterocycles. The number of hydrogen-bond acceptors (Lipinski definition) is 6. The van der Waals surface area contributed by atoms with Gasteiger partial charge in [-0.3, -0.25) is 9.59 Å². The fraction of sp³-hybridized carbons (Fsp3) is 0.429. The van der Waals surface area contributed by atoms with Gasteiger partial charge in [0.15, 0.2) is 11.4 Å². The molecule has 1 saturated heterocycles. The van der Waals surface area contributed by atoms with Gasteiger partial charge < -0.3 is 20.4 Å². The van der Waals surface area contributed by atoms with Crippen molar-refractivity contribution in [3.8, 4) is 5.75 Å². The Hall–Kier alpha value is -3.37. The number of aromatic hydroxyl groups is 1. The Morgan fingerprint density at radius 2 is 1.84 bits per heavy atom. The summed E-state index contributed by atoms with van der Waals surface area (Å²) in [7, 11) is 0. The normalized spacial score (nSPS) is 14.9. The highest BCUT2D eigenvalue weighted by Crippen LogP contribution is 2.38. The van der Waals surface area contributed by atoms with Gasteiger partial charge >= 0.3 is 12.1 Å². The third-order valence-corrected chi connectivity index (χ3v) is 5.36. The van der Waals surface area contributed by atoms with Crippen LogP contribution in [0.2, 0.25) is 0 Å². The Labute approximate surface area is 182 Å². The highest BCUT2D eigenvalue weighted by Gasteiger charge is 2.35. The summed E-state index contributed by atoms with van der Waals surface area (Å²) in [4.78, 5) is 32.8. The highest BCUT2D eigenvalue weighted by molar-refractivity contribution is 5.96. The Kier molecular flexibility index (Phi) is 6.85. The zero-order valence-electron chi connectivity index (χ0n) is 17.3. The summed E-state index contributed by atoms with van der Waals surface area (Å²) >= 11 is 0. The van der Waals surface area contributed by atoms with Gasteiger partial charge in [-0.1, -0.05) is 12.1 Å². The molecule has 1 aliphatic rings. The number of nitrogens with one attached hydrogen (secondary N) is 1. The first-order valence-corrected chi connectivity index (χ1v) is 10.0. The molecule has 0 radical (unpaired) electrons. The predicted octanol–water partition coefficient (Wildman–Crippen LogP) is 2.78. The van der Waals surface area contributed by atoms with E-state index in [9.17, 15) is 27.9 Å². The minimum Gasteiger partial charge on any atom is -0.504 e. The number of benzene rings is 1. The van der Waals surface area contributed by atoms with Crippen molar-refractivity contribution in [2.24, 2.45) is 5.92 Å². The van der Waals surface area contributed by atoms with Gasteiger partial charge in [-0.15, -0.1) is 0 Å². The first-order chi connectivity index (χ1) is 15.1. The summed E-state index contributed by atoms with van der Waals surface area (Å²) < 4.78 is 39.9. The number of nitrogens with zero attached hydrogens (tertiary/aromatic N) is 3. The van der Waals surface area contributed by atoms with Crippen molar-refractivity contribution in [1.82, 2.24) is 15.3 Å². The third kappa shape index (κ3) is 5.45. The maximum absolute atomic E-state index is 13.3. The summed E-state index contributed by atoms with van der Waals surface area (Å²) in [6.07, 6.45) is -2.83. The zero-order chi connectivity index (χ0) is 23.5. The largest absolute Gasteiger partial charge is 0.504 e. The fourth-order valence-electron chi connectivity index (χ4n) is 3.74. The van der Waals surface area contributed by atoms with E-state index in [1.807, 2.05) is 0 Å². The van der Waals surface area contributed by atoms with Crippen LogP contribution >= 0.6 is 0 Å². The van der Waals surface area contributed by atoms with Crippen molar-refractivity contribution in [2.45, 2.75) is 32.4 Å². The first-order valence-electron chi connectivity index (χ1n) is 10.0. The summed E-state index contributed by atoms with van der Waals surface area (Å²) in [5, 5.41) is 20.9. The maximum atomic E-state index is 13.3. The molecule has 1 amide bonds. The molecule has 3 N–H and O–H groups in total. The van der Waals surface area contributed by atoms with Gasteiger partial charge in [0.05, 0.1) is 11.3 Å². The molecule has 1 aliphatic heterocycles. The van der Waals surface area contributed by atoms with Crippen LogP contribution in [0.1, 0.15) is 40.4 Å². The lowest BCUT2D eigenvalue weighted by atomic mass is 9.92. The van der Waals surface area contributed by atoms with E-state index in [4.69, 9.17) is 5.11 Å². The van der Waals surface area contributed by atoms with Gasteiger partial charge in [0, 0.05) is 25.2 Å². The number of carboxylic acids is 1. The number of amides is 1. The van der Waals surface area contributed by atoms with Gasteiger partial charge in [0.2, 0.25) is 0 Å². The van der Waals surface area contributed by atoms with E-state index in [0.717, 1.165) is 6.07 Å². The second-order valence-electron chi connectivity index (χ2n) is 7.65. The van der Waals surface area contributed by atoms with E-state index < -0.39 is 35.9 Å². The van der Waals surface area contributed by atoms with Crippen molar-refractivity contribution in [1.29, 1.82) is 0 Å². The van der Waals surface area contributed by atoms with Crippen LogP contribution in [-0.2, 0) is 17.4 Å². The molecule has 172 valence electrons. The van der Waals surface area contributed by atoms with Gasteiger partial charge in [-0.25, -0.2) is 9.97 Å². The number of piperidine rings is 1. The van der Waals surface area contributed by atoms with Crippen LogP contribution in [0.3, 0.4) is 0 Å². The number of aromatic nitrogens is 2. The molecule has 32 heavy (non-hydrogen) atoms. The van der Waals surface area contributed by atoms with Crippen LogP contribution in [0.15, 0.2) is 24.3 Å². The molecule has 1 fully saturated rings. The van der Waals surface area contributed by atoms with E-state index in [-0.39, 0.29) is 23.0 Å². The number of carbonyl (C=O) groups excluding carboxylic acids is 1. The molecule has 1 aromatic carbocycles. The number of anilines is 1. The van der Waals surface area contributed by atoms with Crippen molar-refractivity contribution in [2.75, 3.05) is 24.5 Å². The van der Waals surface area contributed by atoms with Crippen LogP contribution in [0.5, 0.6) is 5.75 Å². The minimum absolute atomic E-state index is 0.0863. The molecule has 1 aromatic heterocycles. The Morgan fingerprint density at radius 1 is 1.19 bits per heavy atom. The molecule has 0 atom stereocenters. The van der Waals surface area contributed by atoms with E-state index in [1.54, 1.807) is 11.0 Å². The van der Waals surface area contributed by atoms with Crippen molar-refractivity contribution in [3.63, 3.8) is 0 Å². The molecule has 0 unspecified atom stereocenters. The summed E-state index contributed by atoms with van der Waals surface area (Å²) in [5.74, 6) is -2.08. The number of carboxylic acid groups (broad SMARTS) is 1. The molecule has 0 bridgehead atoms. The number of aliphatic carboxylic acids is 1. The van der Waals surface area contributed by atoms with Crippen LogP contribution in [0, 0.1) is 12.8 Å². The van der Waals surface area contributed by atoms with Gasteiger partial charge in [0.1, 0.15) is 12.4 Å². The van der Waals surface area contributed by atoms with Crippen LogP contribution < -0.4 is 10.2 Å². The van der Waals surface area contributed by atoms with Gasteiger partial charge in [-0.2, -0.15) is 13.2 Å². The first kappa shape index (κ1) is 23.3. The van der Waals surface area contributed by atoms with Crippen LogP contribution in [0.4, 0.5) is 18.9 Å². The predicted molar refractivity (Wildman–Crippen MR) is 108 cm³/mol. The Balaban J connectivity index is 1.68. The Bertz CT molecular complexity index is 1010. The monoisotopic (exact) mass is 452 g/mol. The van der Waals surface area contributed by atoms with E-state index in [1.165, 1.54) is 19.1 Å². The van der Waals surface area contributed by atoms with Crippen LogP contribution in [-0.4, -0.2) is 51.7 Å². The smallest absolute Gasteiger partial charge is 0.418 e. The number of hydrogen-bond donors (Lipinski definition) is 3. The van der Waals surface area contributed by atoms with Crippen molar-refractivity contribution < 1.29 is 33.0 Å². The van der Waals surface area contributed by atoms with E-state index >= 15 is 0 Å². The lowest BCUT2D eigenvalue weighted by Crippen LogP contribution is -2.36. The number of para-hydroxylation sites is 1. The number of halogens is 3. The molecule has 2 aromatic rings. The molecule has 3 rings (SSSR count). The molecular formula is C21H23F3N4O4. The molecule has 11 heteroatoms. The molecule has 0 spiro atoms. The zero-order valence-corrected chi connectivity index (χ0v) is 17.3. The summed E-state index contributed by atoms with van der Waals surface area (Å²) in [6.45, 7) is 1.75. The minimum atomic E-state index is -4.43. The topological polar surface area (TPSA) is 116 Å². The summed E-state index contributed by atoms with van der Waals surface area (Å²) in [5.41, 5.74) is -0.613. The lowest BCUT2D eigenvalue weighted by molar-refractivity contribution is -0.137. The van der Waals surface area contributed by atoms with Crippen LogP contribution in [0.25, 0.3) is 0 Å².